The Balaban J connectivity index is 1.94. The van der Waals surface area contributed by atoms with Crippen molar-refractivity contribution in [2.24, 2.45) is 0 Å². The molecule has 2 heterocycles. The third kappa shape index (κ3) is 3.12. The van der Waals surface area contributed by atoms with Crippen molar-refractivity contribution in [3.8, 4) is 0 Å². The van der Waals surface area contributed by atoms with E-state index in [0.29, 0.717) is 11.4 Å². The summed E-state index contributed by atoms with van der Waals surface area (Å²) in [6, 6.07) is 13.0. The molecule has 1 amide bonds. The summed E-state index contributed by atoms with van der Waals surface area (Å²) in [5, 5.41) is 10.9. The van der Waals surface area contributed by atoms with E-state index < -0.39 is 23.5 Å². The smallest absolute Gasteiger partial charge is 0.300 e. The van der Waals surface area contributed by atoms with Gasteiger partial charge in [-0.05, 0) is 61.9 Å². The predicted octanol–water partition coefficient (Wildman–Crippen LogP) is 4.66. The maximum absolute atomic E-state index is 13.3. The van der Waals surface area contributed by atoms with Gasteiger partial charge < -0.3 is 9.52 Å². The first-order valence-corrected chi connectivity index (χ1v) is 9.06. The number of carbonyl (C=O) groups excluding carboxylic acids is 2. The lowest BCUT2D eigenvalue weighted by Gasteiger charge is -2.25. The topological polar surface area (TPSA) is 70.8 Å². The van der Waals surface area contributed by atoms with Crippen LogP contribution in [-0.2, 0) is 9.59 Å². The number of hydrogen-bond acceptors (Lipinski definition) is 4. The van der Waals surface area contributed by atoms with Crippen molar-refractivity contribution in [3.63, 3.8) is 0 Å². The maximum Gasteiger partial charge on any atom is 0.300 e. The van der Waals surface area contributed by atoms with Gasteiger partial charge in [0.25, 0.3) is 11.7 Å². The summed E-state index contributed by atoms with van der Waals surface area (Å²) < 4.78 is 18.8. The van der Waals surface area contributed by atoms with Crippen LogP contribution in [0.1, 0.15) is 28.5 Å². The summed E-state index contributed by atoms with van der Waals surface area (Å²) in [7, 11) is 0. The van der Waals surface area contributed by atoms with Gasteiger partial charge in [-0.3, -0.25) is 14.5 Å². The van der Waals surface area contributed by atoms with E-state index in [1.807, 2.05) is 26.0 Å². The molecule has 0 bridgehead atoms. The van der Waals surface area contributed by atoms with Crippen molar-refractivity contribution < 1.29 is 23.5 Å². The average molecular weight is 391 g/mol. The highest BCUT2D eigenvalue weighted by Crippen LogP contribution is 2.43. The first kappa shape index (κ1) is 18.7. The SMILES string of the molecule is Cc1ccc(N2C(=O)C(=O)/C(=C(\O)c3ccc(F)cc3)C2c2ccco2)c(C)c1. The van der Waals surface area contributed by atoms with E-state index in [-0.39, 0.29) is 16.9 Å². The van der Waals surface area contributed by atoms with Gasteiger partial charge in [-0.15, -0.1) is 0 Å². The molecule has 1 atom stereocenters. The molecule has 0 spiro atoms. The number of aryl methyl sites for hydroxylation is 2. The third-order valence-corrected chi connectivity index (χ3v) is 4.99. The molecule has 4 rings (SSSR count). The lowest BCUT2D eigenvalue weighted by atomic mass is 9.99. The zero-order valence-electron chi connectivity index (χ0n) is 15.8. The number of Topliss-reactive ketones (excluding diaryl/α,β-unsaturated/α-hetero) is 1. The number of halogens is 1. The second-order valence-electron chi connectivity index (χ2n) is 6.98. The molecule has 0 saturated carbocycles. The number of ketones is 1. The summed E-state index contributed by atoms with van der Waals surface area (Å²) in [6.45, 7) is 3.78. The van der Waals surface area contributed by atoms with Crippen LogP contribution in [0.25, 0.3) is 5.76 Å². The molecule has 1 saturated heterocycles. The Labute approximate surface area is 166 Å². The van der Waals surface area contributed by atoms with Crippen LogP contribution in [0.3, 0.4) is 0 Å². The number of aliphatic hydroxyl groups excluding tert-OH is 1. The van der Waals surface area contributed by atoms with Gasteiger partial charge in [0.1, 0.15) is 23.4 Å². The molecule has 29 heavy (non-hydrogen) atoms. The Kier molecular flexibility index (Phi) is 4.54. The number of benzene rings is 2. The highest BCUT2D eigenvalue weighted by Gasteiger charge is 2.48. The van der Waals surface area contributed by atoms with Crippen molar-refractivity contribution in [2.75, 3.05) is 4.90 Å². The molecule has 1 aliphatic rings. The van der Waals surface area contributed by atoms with Crippen molar-refractivity contribution >= 4 is 23.1 Å². The normalized spacial score (nSPS) is 18.4. The van der Waals surface area contributed by atoms with Gasteiger partial charge >= 0.3 is 0 Å². The Morgan fingerprint density at radius 1 is 1.07 bits per heavy atom. The van der Waals surface area contributed by atoms with Crippen molar-refractivity contribution in [1.82, 2.24) is 0 Å². The molecular formula is C23H18FNO4. The number of aliphatic hydroxyl groups is 1. The highest BCUT2D eigenvalue weighted by molar-refractivity contribution is 6.51. The Hall–Kier alpha value is -3.67. The molecule has 1 unspecified atom stereocenters. The fourth-order valence-corrected chi connectivity index (χ4v) is 3.64. The largest absolute Gasteiger partial charge is 0.507 e. The van der Waals surface area contributed by atoms with Crippen molar-refractivity contribution in [3.05, 3.63) is 94.7 Å². The van der Waals surface area contributed by atoms with Crippen LogP contribution < -0.4 is 4.90 Å². The van der Waals surface area contributed by atoms with Crippen LogP contribution in [-0.4, -0.2) is 16.8 Å². The van der Waals surface area contributed by atoms with E-state index in [4.69, 9.17) is 4.42 Å². The standard InChI is InChI=1S/C23H18FNO4/c1-13-5-10-17(14(2)12-13)25-20(18-4-3-11-29-18)19(22(27)23(25)28)21(26)15-6-8-16(24)9-7-15/h3-12,20,26H,1-2H3/b21-19-. The number of nitrogens with zero attached hydrogens (tertiary/aromatic N) is 1. The molecule has 1 N–H and O–H groups in total. The van der Waals surface area contributed by atoms with E-state index in [9.17, 15) is 19.1 Å². The zero-order valence-corrected chi connectivity index (χ0v) is 15.8. The maximum atomic E-state index is 13.3. The molecule has 2 aromatic carbocycles. The molecule has 5 nitrogen and oxygen atoms in total. The van der Waals surface area contributed by atoms with E-state index >= 15 is 0 Å². The van der Waals surface area contributed by atoms with Crippen LogP contribution in [0.5, 0.6) is 0 Å². The van der Waals surface area contributed by atoms with Gasteiger partial charge in [0.05, 0.1) is 11.8 Å². The van der Waals surface area contributed by atoms with Crippen LogP contribution in [0.4, 0.5) is 10.1 Å². The molecule has 3 aromatic rings. The third-order valence-electron chi connectivity index (χ3n) is 4.99. The van der Waals surface area contributed by atoms with E-state index in [1.165, 1.54) is 35.4 Å². The quantitative estimate of drug-likeness (QED) is 0.400. The molecule has 0 aliphatic carbocycles. The van der Waals surface area contributed by atoms with Crippen LogP contribution in [0, 0.1) is 19.7 Å². The minimum Gasteiger partial charge on any atom is -0.507 e. The molecule has 1 fully saturated rings. The average Bonchev–Trinajstić information content (AvgIpc) is 3.30. The molecule has 1 aromatic heterocycles. The number of furan rings is 1. The molecule has 1 aliphatic heterocycles. The molecule has 146 valence electrons. The first-order valence-electron chi connectivity index (χ1n) is 9.06. The summed E-state index contributed by atoms with van der Waals surface area (Å²) in [6.07, 6.45) is 1.44. The van der Waals surface area contributed by atoms with Crippen LogP contribution in [0.2, 0.25) is 0 Å². The number of carbonyl (C=O) groups is 2. The zero-order chi connectivity index (χ0) is 20.7. The predicted molar refractivity (Wildman–Crippen MR) is 106 cm³/mol. The van der Waals surface area contributed by atoms with Crippen molar-refractivity contribution in [2.45, 2.75) is 19.9 Å². The molecule has 6 heteroatoms. The number of rotatable bonds is 3. The summed E-state index contributed by atoms with van der Waals surface area (Å²) in [5.74, 6) is -2.10. The molecular weight excluding hydrogens is 373 g/mol. The Morgan fingerprint density at radius 3 is 2.41 bits per heavy atom. The lowest BCUT2D eigenvalue weighted by Crippen LogP contribution is -2.30. The molecule has 0 radical (unpaired) electrons. The van der Waals surface area contributed by atoms with Gasteiger partial charge in [-0.1, -0.05) is 17.7 Å². The van der Waals surface area contributed by atoms with Gasteiger partial charge in [-0.2, -0.15) is 0 Å². The number of anilines is 1. The van der Waals surface area contributed by atoms with E-state index in [2.05, 4.69) is 0 Å². The fourth-order valence-electron chi connectivity index (χ4n) is 3.64. The second kappa shape index (κ2) is 7.05. The summed E-state index contributed by atoms with van der Waals surface area (Å²) in [5.41, 5.74) is 2.52. The van der Waals surface area contributed by atoms with E-state index in [1.54, 1.807) is 18.2 Å². The minimum absolute atomic E-state index is 0.100. The fraction of sp³-hybridized carbons (Fsp3) is 0.130. The second-order valence-corrected chi connectivity index (χ2v) is 6.98. The van der Waals surface area contributed by atoms with Gasteiger partial charge in [0.15, 0.2) is 0 Å². The lowest BCUT2D eigenvalue weighted by molar-refractivity contribution is -0.132. The minimum atomic E-state index is -0.934. The first-order chi connectivity index (χ1) is 13.9. The van der Waals surface area contributed by atoms with Gasteiger partial charge in [0.2, 0.25) is 0 Å². The van der Waals surface area contributed by atoms with Gasteiger partial charge in [0, 0.05) is 11.3 Å². The van der Waals surface area contributed by atoms with Crippen molar-refractivity contribution in [1.29, 1.82) is 0 Å². The summed E-state index contributed by atoms with van der Waals surface area (Å²) >= 11 is 0. The Morgan fingerprint density at radius 2 is 1.79 bits per heavy atom. The number of amides is 1. The monoisotopic (exact) mass is 391 g/mol. The van der Waals surface area contributed by atoms with Gasteiger partial charge in [-0.25, -0.2) is 4.39 Å². The Bertz CT molecular complexity index is 1130. The van der Waals surface area contributed by atoms with Crippen LogP contribution >= 0.6 is 0 Å². The summed E-state index contributed by atoms with van der Waals surface area (Å²) in [4.78, 5) is 27.2. The van der Waals surface area contributed by atoms with Crippen LogP contribution in [0.15, 0.2) is 70.9 Å². The highest BCUT2D eigenvalue weighted by atomic mass is 19.1. The van der Waals surface area contributed by atoms with E-state index in [0.717, 1.165) is 11.1 Å². The number of hydrogen-bond donors (Lipinski definition) is 1.